The molecule has 0 bridgehead atoms. The number of hydrogen-bond donors (Lipinski definition) is 1. The molecule has 0 saturated carbocycles. The van der Waals surface area contributed by atoms with Gasteiger partial charge in [-0.15, -0.1) is 0 Å². The zero-order valence-electron chi connectivity index (χ0n) is 18.2. The van der Waals surface area contributed by atoms with Gasteiger partial charge in [0, 0.05) is 38.3 Å². The van der Waals surface area contributed by atoms with Crippen LogP contribution in [0, 0.1) is 0 Å². The molecule has 1 amide bonds. The Bertz CT molecular complexity index is 826. The van der Waals surface area contributed by atoms with Gasteiger partial charge in [-0.1, -0.05) is 29.8 Å². The first-order valence-corrected chi connectivity index (χ1v) is 11.1. The molecule has 0 aromatic heterocycles. The Morgan fingerprint density at radius 3 is 2.61 bits per heavy atom. The molecule has 1 atom stereocenters. The van der Waals surface area contributed by atoms with Gasteiger partial charge in [0.15, 0.2) is 0 Å². The number of methoxy groups -OCH3 is 1. The van der Waals surface area contributed by atoms with E-state index in [0.717, 1.165) is 31.7 Å². The first kappa shape index (κ1) is 23.4. The van der Waals surface area contributed by atoms with Gasteiger partial charge in [-0.2, -0.15) is 0 Å². The number of nitrogens with one attached hydrogen (secondary N) is 1. The van der Waals surface area contributed by atoms with Crippen molar-refractivity contribution in [1.29, 1.82) is 0 Å². The molecule has 0 aliphatic carbocycles. The Morgan fingerprint density at radius 1 is 1.19 bits per heavy atom. The third-order valence-electron chi connectivity index (χ3n) is 5.41. The molecule has 1 aliphatic heterocycles. The lowest BCUT2D eigenvalue weighted by Crippen LogP contribution is -2.45. The van der Waals surface area contributed by atoms with Gasteiger partial charge in [-0.25, -0.2) is 0 Å². The predicted octanol–water partition coefficient (Wildman–Crippen LogP) is 4.03. The van der Waals surface area contributed by atoms with Crippen molar-refractivity contribution in [2.75, 3.05) is 40.0 Å². The molecule has 168 valence electrons. The second-order valence-electron chi connectivity index (χ2n) is 7.72. The number of rotatable bonds is 10. The number of carbonyl (C=O) groups is 1. The van der Waals surface area contributed by atoms with Crippen LogP contribution in [0.4, 0.5) is 0 Å². The summed E-state index contributed by atoms with van der Waals surface area (Å²) in [4.78, 5) is 14.6. The zero-order chi connectivity index (χ0) is 22.1. The fourth-order valence-electron chi connectivity index (χ4n) is 3.56. The van der Waals surface area contributed by atoms with Crippen molar-refractivity contribution in [3.8, 4) is 11.5 Å². The fourth-order valence-corrected chi connectivity index (χ4v) is 3.78. The second-order valence-corrected chi connectivity index (χ2v) is 8.13. The second kappa shape index (κ2) is 11.9. The van der Waals surface area contributed by atoms with E-state index in [4.69, 9.17) is 25.8 Å². The van der Waals surface area contributed by atoms with Crippen LogP contribution in [0.15, 0.2) is 48.5 Å². The first-order chi connectivity index (χ1) is 15.1. The molecule has 1 fully saturated rings. The lowest BCUT2D eigenvalue weighted by Gasteiger charge is -2.36. The maximum Gasteiger partial charge on any atom is 0.251 e. The maximum absolute atomic E-state index is 12.1. The summed E-state index contributed by atoms with van der Waals surface area (Å²) in [5, 5.41) is 3.24. The molecule has 1 N–H and O–H groups in total. The van der Waals surface area contributed by atoms with Crippen molar-refractivity contribution in [1.82, 2.24) is 10.2 Å². The number of para-hydroxylation sites is 1. The van der Waals surface area contributed by atoms with E-state index in [1.807, 2.05) is 30.3 Å². The monoisotopic (exact) mass is 446 g/mol. The van der Waals surface area contributed by atoms with Crippen molar-refractivity contribution < 1.29 is 19.0 Å². The largest absolute Gasteiger partial charge is 0.492 e. The molecule has 0 spiro atoms. The SMILES string of the molecule is COCCNC(=O)c1ccc(OC2CCN([C@@H](C)COc3ccccc3)CC2)c(Cl)c1. The summed E-state index contributed by atoms with van der Waals surface area (Å²) in [6, 6.07) is 15.4. The topological polar surface area (TPSA) is 60.0 Å². The molecule has 0 radical (unpaired) electrons. The highest BCUT2D eigenvalue weighted by atomic mass is 35.5. The molecule has 1 heterocycles. The van der Waals surface area contributed by atoms with Gasteiger partial charge in [0.2, 0.25) is 0 Å². The number of carbonyl (C=O) groups excluding carboxylic acids is 1. The Morgan fingerprint density at radius 2 is 1.94 bits per heavy atom. The van der Waals surface area contributed by atoms with Crippen LogP contribution < -0.4 is 14.8 Å². The van der Waals surface area contributed by atoms with Crippen LogP contribution in [-0.2, 0) is 4.74 Å². The standard InChI is InChI=1S/C24H31ClN2O4/c1-18(17-30-20-6-4-3-5-7-20)27-13-10-21(11-14-27)31-23-9-8-19(16-22(23)25)24(28)26-12-15-29-2/h3-9,16,18,21H,10-15,17H2,1-2H3,(H,26,28)/t18-/m0/s1. The van der Waals surface area contributed by atoms with Gasteiger partial charge in [0.1, 0.15) is 24.2 Å². The summed E-state index contributed by atoms with van der Waals surface area (Å²) in [7, 11) is 1.60. The van der Waals surface area contributed by atoms with E-state index in [9.17, 15) is 4.79 Å². The van der Waals surface area contributed by atoms with E-state index in [0.29, 0.717) is 42.1 Å². The van der Waals surface area contributed by atoms with Crippen molar-refractivity contribution >= 4 is 17.5 Å². The predicted molar refractivity (Wildman–Crippen MR) is 122 cm³/mol. The molecular formula is C24H31ClN2O4. The highest BCUT2D eigenvalue weighted by Gasteiger charge is 2.25. The summed E-state index contributed by atoms with van der Waals surface area (Å²) < 4.78 is 17.0. The van der Waals surface area contributed by atoms with E-state index in [1.165, 1.54) is 0 Å². The smallest absolute Gasteiger partial charge is 0.251 e. The number of nitrogens with zero attached hydrogens (tertiary/aromatic N) is 1. The average Bonchev–Trinajstić information content (AvgIpc) is 2.80. The number of piperidine rings is 1. The molecule has 0 unspecified atom stereocenters. The van der Waals surface area contributed by atoms with E-state index in [-0.39, 0.29) is 12.0 Å². The summed E-state index contributed by atoms with van der Waals surface area (Å²) >= 11 is 6.38. The van der Waals surface area contributed by atoms with Crippen LogP contribution in [0.3, 0.4) is 0 Å². The van der Waals surface area contributed by atoms with Crippen LogP contribution in [0.1, 0.15) is 30.1 Å². The molecular weight excluding hydrogens is 416 g/mol. The molecule has 1 aliphatic rings. The molecule has 31 heavy (non-hydrogen) atoms. The average molecular weight is 447 g/mol. The third-order valence-corrected chi connectivity index (χ3v) is 5.71. The molecule has 2 aromatic carbocycles. The molecule has 1 saturated heterocycles. The Hall–Kier alpha value is -2.28. The molecule has 3 rings (SSSR count). The Balaban J connectivity index is 1.44. The minimum atomic E-state index is -0.175. The van der Waals surface area contributed by atoms with E-state index in [1.54, 1.807) is 25.3 Å². The van der Waals surface area contributed by atoms with Crippen molar-refractivity contribution in [2.45, 2.75) is 31.9 Å². The van der Waals surface area contributed by atoms with Gasteiger partial charge in [0.25, 0.3) is 5.91 Å². The van der Waals surface area contributed by atoms with Gasteiger partial charge in [-0.05, 0) is 50.1 Å². The van der Waals surface area contributed by atoms with Crippen molar-refractivity contribution in [2.24, 2.45) is 0 Å². The fraction of sp³-hybridized carbons (Fsp3) is 0.458. The number of likely N-dealkylation sites (tertiary alicyclic amines) is 1. The lowest BCUT2D eigenvalue weighted by atomic mass is 10.1. The normalized spacial score (nSPS) is 16.0. The number of amides is 1. The Labute approximate surface area is 189 Å². The van der Waals surface area contributed by atoms with Gasteiger partial charge < -0.3 is 19.5 Å². The first-order valence-electron chi connectivity index (χ1n) is 10.7. The van der Waals surface area contributed by atoms with E-state index >= 15 is 0 Å². The number of halogens is 1. The van der Waals surface area contributed by atoms with Crippen LogP contribution in [-0.4, -0.2) is 62.9 Å². The van der Waals surface area contributed by atoms with Gasteiger partial charge in [0.05, 0.1) is 11.6 Å². The van der Waals surface area contributed by atoms with E-state index in [2.05, 4.69) is 17.1 Å². The van der Waals surface area contributed by atoms with Gasteiger partial charge >= 0.3 is 0 Å². The van der Waals surface area contributed by atoms with Gasteiger partial charge in [-0.3, -0.25) is 9.69 Å². The molecule has 2 aromatic rings. The van der Waals surface area contributed by atoms with Crippen molar-refractivity contribution in [3.63, 3.8) is 0 Å². The highest BCUT2D eigenvalue weighted by molar-refractivity contribution is 6.32. The molecule has 6 nitrogen and oxygen atoms in total. The lowest BCUT2D eigenvalue weighted by molar-refractivity contribution is 0.0637. The minimum absolute atomic E-state index is 0.109. The Kier molecular flexibility index (Phi) is 9.00. The third kappa shape index (κ3) is 7.13. The minimum Gasteiger partial charge on any atom is -0.492 e. The number of hydrogen-bond acceptors (Lipinski definition) is 5. The van der Waals surface area contributed by atoms with Crippen LogP contribution >= 0.6 is 11.6 Å². The molecule has 7 heteroatoms. The van der Waals surface area contributed by atoms with Crippen LogP contribution in [0.25, 0.3) is 0 Å². The van der Waals surface area contributed by atoms with E-state index < -0.39 is 0 Å². The summed E-state index contributed by atoms with van der Waals surface area (Å²) in [6.07, 6.45) is 1.95. The van der Waals surface area contributed by atoms with Crippen LogP contribution in [0.2, 0.25) is 5.02 Å². The zero-order valence-corrected chi connectivity index (χ0v) is 18.9. The summed E-state index contributed by atoms with van der Waals surface area (Å²) in [6.45, 7) is 5.67. The summed E-state index contributed by atoms with van der Waals surface area (Å²) in [5.74, 6) is 1.34. The number of ether oxygens (including phenoxy) is 3. The summed E-state index contributed by atoms with van der Waals surface area (Å²) in [5.41, 5.74) is 0.510. The van der Waals surface area contributed by atoms with Crippen LogP contribution in [0.5, 0.6) is 11.5 Å². The highest BCUT2D eigenvalue weighted by Crippen LogP contribution is 2.29. The van der Waals surface area contributed by atoms with Crippen molar-refractivity contribution in [3.05, 3.63) is 59.1 Å². The number of benzene rings is 2. The maximum atomic E-state index is 12.1. The quantitative estimate of drug-likeness (QED) is 0.558.